The molecule has 26 heavy (non-hydrogen) atoms. The molecule has 1 aromatic carbocycles. The molecule has 132 valence electrons. The van der Waals surface area contributed by atoms with Crippen molar-refractivity contribution in [3.8, 4) is 17.1 Å². The second-order valence-electron chi connectivity index (χ2n) is 7.06. The molecule has 5 rings (SSSR count). The van der Waals surface area contributed by atoms with Gasteiger partial charge in [-0.3, -0.25) is 4.79 Å². The van der Waals surface area contributed by atoms with Crippen LogP contribution >= 0.6 is 0 Å². The van der Waals surface area contributed by atoms with Gasteiger partial charge in [0.15, 0.2) is 11.5 Å². The van der Waals surface area contributed by atoms with Crippen molar-refractivity contribution >= 4 is 0 Å². The van der Waals surface area contributed by atoms with Crippen molar-refractivity contribution in [2.75, 3.05) is 0 Å². The number of para-hydroxylation sites is 1. The van der Waals surface area contributed by atoms with Crippen LogP contribution in [0.3, 0.4) is 0 Å². The number of benzene rings is 1. The largest absolute Gasteiger partial charge is 0.480 e. The maximum atomic E-state index is 12.6. The molecule has 0 bridgehead atoms. The number of pyridine rings is 1. The Morgan fingerprint density at radius 2 is 2.15 bits per heavy atom. The minimum absolute atomic E-state index is 0.0468. The van der Waals surface area contributed by atoms with Gasteiger partial charge >= 0.3 is 0 Å². The lowest BCUT2D eigenvalue weighted by Crippen LogP contribution is -2.15. The van der Waals surface area contributed by atoms with E-state index in [0.29, 0.717) is 23.7 Å². The van der Waals surface area contributed by atoms with Crippen LogP contribution in [0.2, 0.25) is 0 Å². The molecule has 1 unspecified atom stereocenters. The summed E-state index contributed by atoms with van der Waals surface area (Å²) in [6.07, 6.45) is 2.29. The van der Waals surface area contributed by atoms with Crippen LogP contribution in [-0.4, -0.2) is 14.7 Å². The molecule has 2 aliphatic heterocycles. The number of hydrogen-bond donors (Lipinski definition) is 0. The van der Waals surface area contributed by atoms with Crippen LogP contribution in [0, 0.1) is 13.8 Å². The highest BCUT2D eigenvalue weighted by Crippen LogP contribution is 2.38. The van der Waals surface area contributed by atoms with Gasteiger partial charge < -0.3 is 13.8 Å². The Kier molecular flexibility index (Phi) is 3.29. The fourth-order valence-electron chi connectivity index (χ4n) is 4.08. The lowest BCUT2D eigenvalue weighted by atomic mass is 10.1. The molecular formula is C20H19N3O3. The van der Waals surface area contributed by atoms with Gasteiger partial charge in [-0.05, 0) is 37.8 Å². The minimum atomic E-state index is -0.298. The van der Waals surface area contributed by atoms with Gasteiger partial charge in [-0.25, -0.2) is 0 Å². The zero-order chi connectivity index (χ0) is 17.8. The van der Waals surface area contributed by atoms with Gasteiger partial charge in [0, 0.05) is 30.4 Å². The molecule has 0 saturated carbocycles. The van der Waals surface area contributed by atoms with E-state index in [2.05, 4.69) is 20.8 Å². The van der Waals surface area contributed by atoms with E-state index < -0.39 is 0 Å². The molecule has 0 N–H and O–H groups in total. The fraction of sp³-hybridized carbons (Fsp3) is 0.350. The normalized spacial score (nSPS) is 17.8. The number of rotatable bonds is 2. The Morgan fingerprint density at radius 3 is 3.00 bits per heavy atom. The van der Waals surface area contributed by atoms with Crippen LogP contribution in [-0.2, 0) is 19.4 Å². The fourth-order valence-corrected chi connectivity index (χ4v) is 4.08. The Morgan fingerprint density at radius 1 is 1.27 bits per heavy atom. The molecule has 0 radical (unpaired) electrons. The molecule has 4 heterocycles. The topological polar surface area (TPSA) is 70.2 Å². The predicted octanol–water partition coefficient (Wildman–Crippen LogP) is 3.14. The van der Waals surface area contributed by atoms with Crippen LogP contribution in [0.25, 0.3) is 11.4 Å². The smallest absolute Gasteiger partial charge is 0.268 e. The summed E-state index contributed by atoms with van der Waals surface area (Å²) in [5.74, 6) is 1.69. The van der Waals surface area contributed by atoms with E-state index in [-0.39, 0.29) is 11.5 Å². The first-order valence-electron chi connectivity index (χ1n) is 8.94. The summed E-state index contributed by atoms with van der Waals surface area (Å²) in [6.45, 7) is 4.92. The Labute approximate surface area is 150 Å². The van der Waals surface area contributed by atoms with Crippen molar-refractivity contribution in [1.29, 1.82) is 0 Å². The van der Waals surface area contributed by atoms with Crippen molar-refractivity contribution in [1.82, 2.24) is 14.7 Å². The van der Waals surface area contributed by atoms with Gasteiger partial charge in [0.25, 0.3) is 5.89 Å². The number of nitrogens with zero attached hydrogens (tertiary/aromatic N) is 3. The number of hydrogen-bond acceptors (Lipinski definition) is 5. The van der Waals surface area contributed by atoms with Gasteiger partial charge in [-0.15, -0.1) is 0 Å². The van der Waals surface area contributed by atoms with Gasteiger partial charge in [0.05, 0.1) is 5.56 Å². The van der Waals surface area contributed by atoms with Gasteiger partial charge in [-0.2, -0.15) is 4.98 Å². The van der Waals surface area contributed by atoms with E-state index >= 15 is 0 Å². The van der Waals surface area contributed by atoms with Crippen molar-refractivity contribution in [3.63, 3.8) is 0 Å². The van der Waals surface area contributed by atoms with Gasteiger partial charge in [-0.1, -0.05) is 23.4 Å². The molecule has 0 saturated heterocycles. The summed E-state index contributed by atoms with van der Waals surface area (Å²) in [7, 11) is 0. The molecule has 3 aromatic rings. The molecule has 0 amide bonds. The molecule has 0 fully saturated rings. The highest BCUT2D eigenvalue weighted by Gasteiger charge is 2.31. The third-order valence-corrected chi connectivity index (χ3v) is 5.32. The van der Waals surface area contributed by atoms with E-state index in [1.165, 1.54) is 0 Å². The molecular weight excluding hydrogens is 330 g/mol. The van der Waals surface area contributed by atoms with Crippen LogP contribution in [0.5, 0.6) is 5.75 Å². The summed E-state index contributed by atoms with van der Waals surface area (Å²) >= 11 is 0. The van der Waals surface area contributed by atoms with E-state index in [0.717, 1.165) is 47.7 Å². The minimum Gasteiger partial charge on any atom is -0.480 e. The molecule has 2 aliphatic rings. The predicted molar refractivity (Wildman–Crippen MR) is 95.3 cm³/mol. The first-order chi connectivity index (χ1) is 12.6. The summed E-state index contributed by atoms with van der Waals surface area (Å²) in [4.78, 5) is 17.1. The highest BCUT2D eigenvalue weighted by atomic mass is 16.5. The number of ether oxygens (including phenoxy) is 1. The number of aryl methyl sites for hydroxylation is 2. The zero-order valence-electron chi connectivity index (χ0n) is 14.8. The number of aromatic nitrogens is 3. The summed E-state index contributed by atoms with van der Waals surface area (Å²) in [5.41, 5.74) is 4.75. The van der Waals surface area contributed by atoms with E-state index in [9.17, 15) is 4.79 Å². The summed E-state index contributed by atoms with van der Waals surface area (Å²) < 4.78 is 13.7. The Balaban J connectivity index is 1.53. The van der Waals surface area contributed by atoms with Crippen LogP contribution in [0.4, 0.5) is 0 Å². The second kappa shape index (κ2) is 5.56. The van der Waals surface area contributed by atoms with E-state index in [1.807, 2.05) is 26.0 Å². The summed E-state index contributed by atoms with van der Waals surface area (Å²) in [6, 6.07) is 7.76. The van der Waals surface area contributed by atoms with Crippen molar-refractivity contribution in [3.05, 3.63) is 62.9 Å². The first kappa shape index (κ1) is 15.4. The molecule has 6 nitrogen and oxygen atoms in total. The Hall–Kier alpha value is -2.89. The van der Waals surface area contributed by atoms with Crippen LogP contribution in [0.15, 0.2) is 33.6 Å². The molecule has 6 heteroatoms. The van der Waals surface area contributed by atoms with Crippen LogP contribution in [0.1, 0.15) is 40.9 Å². The maximum Gasteiger partial charge on any atom is 0.268 e. The molecule has 2 aromatic heterocycles. The lowest BCUT2D eigenvalue weighted by Gasteiger charge is -2.10. The average molecular weight is 349 g/mol. The second-order valence-corrected chi connectivity index (χ2v) is 7.06. The standard InChI is InChI=1S/C20H19N3O3/c1-11-5-3-6-13-10-16(25-18(11)13)20-21-19(22-26-20)17-14-7-4-8-23(14)12(2)9-15(17)24/h3,5-6,9,16H,4,7-8,10H2,1-2H3. The highest BCUT2D eigenvalue weighted by molar-refractivity contribution is 5.59. The average Bonchev–Trinajstić information content (AvgIpc) is 3.34. The van der Waals surface area contributed by atoms with Crippen molar-refractivity contribution in [2.24, 2.45) is 0 Å². The third-order valence-electron chi connectivity index (χ3n) is 5.32. The van der Waals surface area contributed by atoms with Crippen molar-refractivity contribution in [2.45, 2.75) is 45.8 Å². The summed E-state index contributed by atoms with van der Waals surface area (Å²) in [5, 5.41) is 4.10. The molecule has 0 aliphatic carbocycles. The van der Waals surface area contributed by atoms with E-state index in [1.54, 1.807) is 6.07 Å². The molecule has 0 spiro atoms. The maximum absolute atomic E-state index is 12.6. The van der Waals surface area contributed by atoms with Crippen LogP contribution < -0.4 is 10.2 Å². The third kappa shape index (κ3) is 2.21. The number of fused-ring (bicyclic) bond motifs is 2. The Bertz CT molecular complexity index is 1080. The van der Waals surface area contributed by atoms with Gasteiger partial charge in [0.1, 0.15) is 5.75 Å². The SMILES string of the molecule is Cc1cccc2c1OC(c1nc(-c3c4n(c(C)cc3=O)CCC4)no1)C2. The lowest BCUT2D eigenvalue weighted by molar-refractivity contribution is 0.182. The van der Waals surface area contributed by atoms with Crippen molar-refractivity contribution < 1.29 is 9.26 Å². The monoisotopic (exact) mass is 349 g/mol. The quantitative estimate of drug-likeness (QED) is 0.711. The van der Waals surface area contributed by atoms with E-state index in [4.69, 9.17) is 9.26 Å². The zero-order valence-corrected chi connectivity index (χ0v) is 14.8. The van der Waals surface area contributed by atoms with Gasteiger partial charge in [0.2, 0.25) is 5.82 Å². The first-order valence-corrected chi connectivity index (χ1v) is 8.94. The molecule has 1 atom stereocenters.